The van der Waals surface area contributed by atoms with Crippen LogP contribution >= 0.6 is 0 Å². The number of nitrogens with one attached hydrogen (secondary N) is 3. The van der Waals surface area contributed by atoms with Crippen LogP contribution < -0.4 is 11.1 Å². The maximum Gasteiger partial charge on any atom is 0.195 e. The van der Waals surface area contributed by atoms with Crippen molar-refractivity contribution in [2.45, 2.75) is 18.0 Å². The summed E-state index contributed by atoms with van der Waals surface area (Å²) in [6.45, 7) is 0.547. The Hall–Kier alpha value is -1.94. The summed E-state index contributed by atoms with van der Waals surface area (Å²) in [5, 5.41) is 30.7. The van der Waals surface area contributed by atoms with Crippen molar-refractivity contribution in [3.05, 3.63) is 11.6 Å². The van der Waals surface area contributed by atoms with E-state index in [0.29, 0.717) is 24.6 Å². The molecular weight excluding hydrogens is 212 g/mol. The molecule has 0 saturated carbocycles. The second-order valence-electron chi connectivity index (χ2n) is 3.80. The van der Waals surface area contributed by atoms with Gasteiger partial charge in [-0.3, -0.25) is 0 Å². The van der Waals surface area contributed by atoms with E-state index in [1.165, 1.54) is 0 Å². The molecule has 2 aromatic heterocycles. The predicted molar refractivity (Wildman–Crippen MR) is 49.6 cm³/mol. The van der Waals surface area contributed by atoms with Gasteiger partial charge >= 0.3 is 0 Å². The fourth-order valence-electron chi connectivity index (χ4n) is 1.86. The minimum Gasteiger partial charge on any atom is -0.318 e. The molecule has 1 saturated heterocycles. The summed E-state index contributed by atoms with van der Waals surface area (Å²) in [5.74, 6) is 1.09. The number of aromatic nitrogens is 8. The molecule has 0 bridgehead atoms. The number of hydrogen-bond donors (Lipinski definition) is 4. The molecule has 0 aliphatic carbocycles. The molecule has 16 heavy (non-hydrogen) atoms. The Kier molecular flexibility index (Phi) is 1.91. The van der Waals surface area contributed by atoms with Crippen LogP contribution in [-0.2, 0) is 5.54 Å². The van der Waals surface area contributed by atoms with Gasteiger partial charge in [0.1, 0.15) is 0 Å². The van der Waals surface area contributed by atoms with Crippen molar-refractivity contribution in [3.63, 3.8) is 0 Å². The standard InChI is InChI=1S/C6H10N10/c7-6(5-11-15-16-12-5)1-3(8-2-6)4-9-13-14-10-4/h3,8H,1-2,7H2,(H,9,10,13,14)(H,11,12,15,16). The summed E-state index contributed by atoms with van der Waals surface area (Å²) in [6, 6.07) is -0.0396. The average Bonchev–Trinajstić information content (AvgIpc) is 3.00. The number of aromatic amines is 2. The highest BCUT2D eigenvalue weighted by Crippen LogP contribution is 2.31. The van der Waals surface area contributed by atoms with Crippen LogP contribution in [0.3, 0.4) is 0 Å². The highest BCUT2D eigenvalue weighted by Gasteiger charge is 2.42. The van der Waals surface area contributed by atoms with Crippen LogP contribution in [0.5, 0.6) is 0 Å². The second kappa shape index (κ2) is 3.28. The Morgan fingerprint density at radius 2 is 2.00 bits per heavy atom. The van der Waals surface area contributed by atoms with Crippen molar-refractivity contribution >= 4 is 0 Å². The molecule has 1 aliphatic rings. The van der Waals surface area contributed by atoms with Crippen LogP contribution in [0.4, 0.5) is 0 Å². The molecular formula is C6H10N10. The SMILES string of the molecule is NC1(c2nn[nH]n2)CNC(c2nn[nH]n2)C1. The predicted octanol–water partition coefficient (Wildman–Crippen LogP) is -2.40. The molecule has 10 nitrogen and oxygen atoms in total. The Bertz CT molecular complexity index is 448. The van der Waals surface area contributed by atoms with E-state index in [0.717, 1.165) is 0 Å². The first-order valence-electron chi connectivity index (χ1n) is 4.77. The van der Waals surface area contributed by atoms with Crippen molar-refractivity contribution < 1.29 is 0 Å². The van der Waals surface area contributed by atoms with Gasteiger partial charge < -0.3 is 11.1 Å². The summed E-state index contributed by atoms with van der Waals surface area (Å²) < 4.78 is 0. The lowest BCUT2D eigenvalue weighted by molar-refractivity contribution is 0.447. The number of H-pyrrole nitrogens is 2. The number of hydrogen-bond acceptors (Lipinski definition) is 8. The van der Waals surface area contributed by atoms with E-state index >= 15 is 0 Å². The molecule has 2 aromatic rings. The van der Waals surface area contributed by atoms with Gasteiger partial charge in [0.25, 0.3) is 0 Å². The Labute approximate surface area is 89.4 Å². The number of nitrogens with zero attached hydrogens (tertiary/aromatic N) is 6. The van der Waals surface area contributed by atoms with Gasteiger partial charge in [0.2, 0.25) is 0 Å². The lowest BCUT2D eigenvalue weighted by atomic mass is 9.96. The summed E-state index contributed by atoms with van der Waals surface area (Å²) >= 11 is 0. The quantitative estimate of drug-likeness (QED) is 0.439. The first-order valence-corrected chi connectivity index (χ1v) is 4.77. The fraction of sp³-hybridized carbons (Fsp3) is 0.667. The summed E-state index contributed by atoms with van der Waals surface area (Å²) in [7, 11) is 0. The molecule has 84 valence electrons. The molecule has 1 aliphatic heterocycles. The molecule has 3 heterocycles. The molecule has 0 amide bonds. The second-order valence-corrected chi connectivity index (χ2v) is 3.80. The number of rotatable bonds is 2. The number of tetrazole rings is 2. The van der Waals surface area contributed by atoms with Crippen LogP contribution in [0.2, 0.25) is 0 Å². The molecule has 10 heteroatoms. The lowest BCUT2D eigenvalue weighted by Gasteiger charge is -2.17. The zero-order valence-electron chi connectivity index (χ0n) is 8.25. The molecule has 0 spiro atoms. The normalized spacial score (nSPS) is 29.7. The Morgan fingerprint density at radius 1 is 1.19 bits per heavy atom. The van der Waals surface area contributed by atoms with E-state index in [-0.39, 0.29) is 6.04 Å². The summed E-state index contributed by atoms with van der Waals surface area (Å²) in [5.41, 5.74) is 5.55. The van der Waals surface area contributed by atoms with Crippen molar-refractivity contribution in [3.8, 4) is 0 Å². The monoisotopic (exact) mass is 222 g/mol. The minimum atomic E-state index is -0.641. The highest BCUT2D eigenvalue weighted by atomic mass is 15.5. The van der Waals surface area contributed by atoms with Crippen molar-refractivity contribution in [2.75, 3.05) is 6.54 Å². The van der Waals surface area contributed by atoms with Crippen molar-refractivity contribution in [2.24, 2.45) is 5.73 Å². The van der Waals surface area contributed by atoms with Gasteiger partial charge in [-0.05, 0) is 6.42 Å². The first kappa shape index (κ1) is 9.30. The maximum absolute atomic E-state index is 6.19. The molecule has 0 radical (unpaired) electrons. The van der Waals surface area contributed by atoms with Gasteiger partial charge in [-0.15, -0.1) is 20.4 Å². The lowest BCUT2D eigenvalue weighted by Crippen LogP contribution is -2.39. The Balaban J connectivity index is 1.83. The van der Waals surface area contributed by atoms with Crippen molar-refractivity contribution in [1.82, 2.24) is 46.6 Å². The summed E-state index contributed by atoms with van der Waals surface area (Å²) in [4.78, 5) is 0. The van der Waals surface area contributed by atoms with Gasteiger partial charge in [0.15, 0.2) is 11.6 Å². The van der Waals surface area contributed by atoms with Crippen LogP contribution in [0.15, 0.2) is 0 Å². The molecule has 2 unspecified atom stereocenters. The van der Waals surface area contributed by atoms with Crippen LogP contribution in [0.1, 0.15) is 24.1 Å². The Morgan fingerprint density at radius 3 is 2.69 bits per heavy atom. The number of nitrogens with two attached hydrogens (primary N) is 1. The van der Waals surface area contributed by atoms with E-state index in [1.807, 2.05) is 0 Å². The largest absolute Gasteiger partial charge is 0.318 e. The zero-order valence-corrected chi connectivity index (χ0v) is 8.25. The minimum absolute atomic E-state index is 0.0396. The van der Waals surface area contributed by atoms with E-state index in [1.54, 1.807) is 0 Å². The average molecular weight is 222 g/mol. The smallest absolute Gasteiger partial charge is 0.195 e. The highest BCUT2D eigenvalue weighted by molar-refractivity contribution is 5.11. The van der Waals surface area contributed by atoms with Gasteiger partial charge in [0, 0.05) is 6.54 Å². The molecule has 1 fully saturated rings. The summed E-state index contributed by atoms with van der Waals surface area (Å²) in [6.07, 6.45) is 0.603. The van der Waals surface area contributed by atoms with E-state index in [9.17, 15) is 0 Å². The van der Waals surface area contributed by atoms with Crippen molar-refractivity contribution in [1.29, 1.82) is 0 Å². The van der Waals surface area contributed by atoms with Crippen LogP contribution in [-0.4, -0.2) is 47.8 Å². The van der Waals surface area contributed by atoms with Crippen LogP contribution in [0, 0.1) is 0 Å². The third-order valence-electron chi connectivity index (χ3n) is 2.70. The molecule has 5 N–H and O–H groups in total. The molecule has 0 aromatic carbocycles. The van der Waals surface area contributed by atoms with Gasteiger partial charge in [0.05, 0.1) is 11.6 Å². The zero-order chi connectivity index (χ0) is 11.0. The fourth-order valence-corrected chi connectivity index (χ4v) is 1.86. The first-order chi connectivity index (χ1) is 7.78. The molecule has 3 rings (SSSR count). The third-order valence-corrected chi connectivity index (χ3v) is 2.70. The topological polar surface area (TPSA) is 147 Å². The maximum atomic E-state index is 6.19. The van der Waals surface area contributed by atoms with E-state index in [2.05, 4.69) is 46.6 Å². The van der Waals surface area contributed by atoms with E-state index in [4.69, 9.17) is 5.73 Å². The van der Waals surface area contributed by atoms with Gasteiger partial charge in [-0.25, -0.2) is 0 Å². The van der Waals surface area contributed by atoms with E-state index < -0.39 is 5.54 Å². The van der Waals surface area contributed by atoms with Gasteiger partial charge in [-0.1, -0.05) is 10.4 Å². The van der Waals surface area contributed by atoms with Crippen LogP contribution in [0.25, 0.3) is 0 Å². The molecule has 2 atom stereocenters. The van der Waals surface area contributed by atoms with Gasteiger partial charge in [-0.2, -0.15) is 10.4 Å². The third kappa shape index (κ3) is 1.35.